The molecule has 0 radical (unpaired) electrons. The van der Waals surface area contributed by atoms with Gasteiger partial charge in [-0.25, -0.2) is 0 Å². The normalized spacial score (nSPS) is 11.7. The minimum Gasteiger partial charge on any atom is -0.496 e. The maximum absolute atomic E-state index is 10.6. The van der Waals surface area contributed by atoms with Crippen LogP contribution in [-0.2, 0) is 6.42 Å². The molecule has 0 saturated carbocycles. The number of nitro benzene ring substituents is 1. The molecule has 0 aliphatic rings. The van der Waals surface area contributed by atoms with Gasteiger partial charge in [0.15, 0.2) is 0 Å². The van der Waals surface area contributed by atoms with E-state index in [2.05, 4.69) is 29.6 Å². The van der Waals surface area contributed by atoms with Crippen LogP contribution in [0.15, 0.2) is 72.8 Å². The molecule has 2 N–H and O–H groups in total. The van der Waals surface area contributed by atoms with E-state index in [1.165, 1.54) is 29.8 Å². The Labute approximate surface area is 181 Å². The summed E-state index contributed by atoms with van der Waals surface area (Å²) >= 11 is 0. The Bertz CT molecular complexity index is 974. The van der Waals surface area contributed by atoms with Gasteiger partial charge in [0.1, 0.15) is 24.2 Å². The molecule has 0 aromatic heterocycles. The molecule has 7 nitrogen and oxygen atoms in total. The number of nitrogens with zero attached hydrogens (tertiary/aromatic N) is 1. The van der Waals surface area contributed by atoms with E-state index in [0.717, 1.165) is 29.8 Å². The van der Waals surface area contributed by atoms with Gasteiger partial charge in [0.25, 0.3) is 5.69 Å². The third-order valence-corrected chi connectivity index (χ3v) is 4.83. The van der Waals surface area contributed by atoms with Gasteiger partial charge in [-0.15, -0.1) is 0 Å². The first-order chi connectivity index (χ1) is 15.1. The standard InChI is InChI=1S/C24H26N2O5/c1-30-24-5-3-2-4-23(24)19-8-6-18(7-9-19)14-15-25-16-21(27)17-31-22-12-10-20(11-13-22)26(28)29/h2-13,21,25,27H,14-17H2,1H3. The van der Waals surface area contributed by atoms with Gasteiger partial charge in [0, 0.05) is 24.2 Å². The summed E-state index contributed by atoms with van der Waals surface area (Å²) in [6.45, 7) is 1.23. The Kier molecular flexibility index (Phi) is 7.98. The highest BCUT2D eigenvalue weighted by Gasteiger charge is 2.08. The lowest BCUT2D eigenvalue weighted by Gasteiger charge is -2.13. The van der Waals surface area contributed by atoms with Crippen molar-refractivity contribution in [1.82, 2.24) is 5.32 Å². The highest BCUT2D eigenvalue weighted by atomic mass is 16.6. The van der Waals surface area contributed by atoms with Gasteiger partial charge in [-0.3, -0.25) is 10.1 Å². The number of rotatable bonds is 11. The van der Waals surface area contributed by atoms with Crippen LogP contribution >= 0.6 is 0 Å². The minimum atomic E-state index is -0.678. The molecule has 3 aromatic rings. The summed E-state index contributed by atoms with van der Waals surface area (Å²) < 4.78 is 10.9. The average Bonchev–Trinajstić information content (AvgIpc) is 2.81. The van der Waals surface area contributed by atoms with Crippen LogP contribution in [0.25, 0.3) is 11.1 Å². The maximum atomic E-state index is 10.6. The first-order valence-corrected chi connectivity index (χ1v) is 10.0. The van der Waals surface area contributed by atoms with Crippen LogP contribution in [0, 0.1) is 10.1 Å². The zero-order valence-corrected chi connectivity index (χ0v) is 17.4. The molecule has 0 heterocycles. The number of benzene rings is 3. The number of aliphatic hydroxyl groups excluding tert-OH is 1. The van der Waals surface area contributed by atoms with E-state index in [-0.39, 0.29) is 12.3 Å². The fraction of sp³-hybridized carbons (Fsp3) is 0.250. The Morgan fingerprint density at radius 3 is 2.42 bits per heavy atom. The van der Waals surface area contributed by atoms with Gasteiger partial charge in [0.2, 0.25) is 0 Å². The third-order valence-electron chi connectivity index (χ3n) is 4.83. The van der Waals surface area contributed by atoms with E-state index < -0.39 is 11.0 Å². The number of aliphatic hydroxyl groups is 1. The summed E-state index contributed by atoms with van der Waals surface area (Å²) in [4.78, 5) is 10.2. The summed E-state index contributed by atoms with van der Waals surface area (Å²) in [6.07, 6.45) is 0.158. The zero-order chi connectivity index (χ0) is 22.1. The molecule has 0 aliphatic heterocycles. The van der Waals surface area contributed by atoms with E-state index >= 15 is 0 Å². The van der Waals surface area contributed by atoms with Gasteiger partial charge < -0.3 is 19.9 Å². The number of nitrogens with one attached hydrogen (secondary N) is 1. The lowest BCUT2D eigenvalue weighted by Crippen LogP contribution is -2.32. The minimum absolute atomic E-state index is 0.00510. The van der Waals surface area contributed by atoms with Crippen LogP contribution in [0.2, 0.25) is 0 Å². The van der Waals surface area contributed by atoms with Crippen LogP contribution < -0.4 is 14.8 Å². The molecule has 0 bridgehead atoms. The molecule has 0 saturated heterocycles. The van der Waals surface area contributed by atoms with Gasteiger partial charge >= 0.3 is 0 Å². The van der Waals surface area contributed by atoms with E-state index in [0.29, 0.717) is 12.3 Å². The number of hydrogen-bond acceptors (Lipinski definition) is 6. The molecular formula is C24H26N2O5. The van der Waals surface area contributed by atoms with Crippen LogP contribution in [0.4, 0.5) is 5.69 Å². The summed E-state index contributed by atoms with van der Waals surface area (Å²) in [5.41, 5.74) is 3.37. The first-order valence-electron chi connectivity index (χ1n) is 10.0. The topological polar surface area (TPSA) is 93.9 Å². The van der Waals surface area contributed by atoms with Crippen molar-refractivity contribution in [2.24, 2.45) is 0 Å². The fourth-order valence-corrected chi connectivity index (χ4v) is 3.15. The number of hydrogen-bond donors (Lipinski definition) is 2. The van der Waals surface area contributed by atoms with Crippen molar-refractivity contribution in [1.29, 1.82) is 0 Å². The number of nitro groups is 1. The Morgan fingerprint density at radius 1 is 1.03 bits per heavy atom. The van der Waals surface area contributed by atoms with Crippen molar-refractivity contribution in [3.05, 3.63) is 88.5 Å². The predicted octanol–water partition coefficient (Wildman–Crippen LogP) is 3.84. The smallest absolute Gasteiger partial charge is 0.269 e. The van der Waals surface area contributed by atoms with Crippen molar-refractivity contribution in [3.63, 3.8) is 0 Å². The molecule has 3 rings (SSSR count). The molecule has 1 unspecified atom stereocenters. The molecule has 0 aliphatic carbocycles. The number of para-hydroxylation sites is 1. The Hall–Kier alpha value is -3.42. The Balaban J connectivity index is 1.38. The van der Waals surface area contributed by atoms with E-state index in [1.54, 1.807) is 7.11 Å². The quantitative estimate of drug-likeness (QED) is 0.277. The van der Waals surface area contributed by atoms with Crippen molar-refractivity contribution >= 4 is 5.69 Å². The molecule has 0 fully saturated rings. The Morgan fingerprint density at radius 2 is 1.74 bits per heavy atom. The summed E-state index contributed by atoms with van der Waals surface area (Å²) in [5.74, 6) is 1.33. The van der Waals surface area contributed by atoms with Crippen LogP contribution in [-0.4, -0.2) is 42.9 Å². The van der Waals surface area contributed by atoms with E-state index in [4.69, 9.17) is 9.47 Å². The van der Waals surface area contributed by atoms with Crippen molar-refractivity contribution < 1.29 is 19.5 Å². The summed E-state index contributed by atoms with van der Waals surface area (Å²) in [6, 6.07) is 22.1. The van der Waals surface area contributed by atoms with E-state index in [9.17, 15) is 15.2 Å². The first kappa shape index (κ1) is 22.3. The average molecular weight is 422 g/mol. The molecule has 0 amide bonds. The molecule has 0 spiro atoms. The lowest BCUT2D eigenvalue weighted by molar-refractivity contribution is -0.384. The molecule has 3 aromatic carbocycles. The maximum Gasteiger partial charge on any atom is 0.269 e. The van der Waals surface area contributed by atoms with Crippen LogP contribution in [0.1, 0.15) is 5.56 Å². The number of ether oxygens (including phenoxy) is 2. The van der Waals surface area contributed by atoms with Crippen molar-refractivity contribution in [2.45, 2.75) is 12.5 Å². The van der Waals surface area contributed by atoms with E-state index in [1.807, 2.05) is 24.3 Å². The molecule has 1 atom stereocenters. The largest absolute Gasteiger partial charge is 0.496 e. The highest BCUT2D eigenvalue weighted by molar-refractivity contribution is 5.70. The summed E-state index contributed by atoms with van der Waals surface area (Å²) in [5, 5.41) is 23.9. The van der Waals surface area contributed by atoms with Crippen molar-refractivity contribution in [2.75, 3.05) is 26.8 Å². The molecule has 31 heavy (non-hydrogen) atoms. The van der Waals surface area contributed by atoms with Crippen molar-refractivity contribution in [3.8, 4) is 22.6 Å². The second kappa shape index (κ2) is 11.1. The van der Waals surface area contributed by atoms with Gasteiger partial charge in [-0.05, 0) is 42.3 Å². The predicted molar refractivity (Wildman–Crippen MR) is 120 cm³/mol. The lowest BCUT2D eigenvalue weighted by atomic mass is 10.0. The molecular weight excluding hydrogens is 396 g/mol. The SMILES string of the molecule is COc1ccccc1-c1ccc(CCNCC(O)COc2ccc([N+](=O)[O-])cc2)cc1. The second-order valence-corrected chi connectivity index (χ2v) is 7.07. The summed E-state index contributed by atoms with van der Waals surface area (Å²) in [7, 11) is 1.67. The third kappa shape index (κ3) is 6.53. The monoisotopic (exact) mass is 422 g/mol. The molecule has 7 heteroatoms. The van der Waals surface area contributed by atoms with Gasteiger partial charge in [0.05, 0.1) is 12.0 Å². The zero-order valence-electron chi connectivity index (χ0n) is 17.4. The highest BCUT2D eigenvalue weighted by Crippen LogP contribution is 2.29. The molecule has 162 valence electrons. The number of methoxy groups -OCH3 is 1. The van der Waals surface area contributed by atoms with Crippen LogP contribution in [0.5, 0.6) is 11.5 Å². The van der Waals surface area contributed by atoms with Gasteiger partial charge in [-0.2, -0.15) is 0 Å². The van der Waals surface area contributed by atoms with Crippen LogP contribution in [0.3, 0.4) is 0 Å². The number of non-ortho nitro benzene ring substituents is 1. The second-order valence-electron chi connectivity index (χ2n) is 7.07. The van der Waals surface area contributed by atoms with Gasteiger partial charge in [-0.1, -0.05) is 42.5 Å². The fourth-order valence-electron chi connectivity index (χ4n) is 3.15.